The van der Waals surface area contributed by atoms with Crippen LogP contribution in [0.25, 0.3) is 0 Å². The first-order chi connectivity index (χ1) is 9.15. The molecule has 2 N–H and O–H groups in total. The third-order valence-corrected chi connectivity index (χ3v) is 2.74. The lowest BCUT2D eigenvalue weighted by atomic mass is 10.2. The van der Waals surface area contributed by atoms with Crippen LogP contribution in [0.5, 0.6) is 0 Å². The Morgan fingerprint density at radius 1 is 1.15 bits per heavy atom. The van der Waals surface area contributed by atoms with Crippen molar-refractivity contribution < 1.29 is 4.79 Å². The van der Waals surface area contributed by atoms with Crippen molar-refractivity contribution in [3.8, 4) is 0 Å². The van der Waals surface area contributed by atoms with Gasteiger partial charge >= 0.3 is 0 Å². The summed E-state index contributed by atoms with van der Waals surface area (Å²) in [6.45, 7) is 3.81. The van der Waals surface area contributed by atoms with Crippen LogP contribution >= 0.6 is 12.4 Å². The maximum absolute atomic E-state index is 12.0. The van der Waals surface area contributed by atoms with Gasteiger partial charge in [-0.15, -0.1) is 12.4 Å². The average molecular weight is 292 g/mol. The lowest BCUT2D eigenvalue weighted by Crippen LogP contribution is -2.32. The topological polar surface area (TPSA) is 54.0 Å². The predicted molar refractivity (Wildman–Crippen MR) is 84.4 cm³/mol. The summed E-state index contributed by atoms with van der Waals surface area (Å²) >= 11 is 0. The van der Waals surface area contributed by atoms with Gasteiger partial charge in [0.05, 0.1) is 0 Å². The van der Waals surface area contributed by atoms with Gasteiger partial charge in [-0.3, -0.25) is 4.79 Å². The highest BCUT2D eigenvalue weighted by Gasteiger charge is 2.12. The summed E-state index contributed by atoms with van der Waals surface area (Å²) in [5.74, 6) is 0.601. The second-order valence-corrected chi connectivity index (χ2v) is 4.44. The number of halogens is 1. The van der Waals surface area contributed by atoms with Crippen LogP contribution in [-0.4, -0.2) is 16.9 Å². The van der Waals surface area contributed by atoms with Crippen molar-refractivity contribution in [1.29, 1.82) is 0 Å². The molecule has 106 valence electrons. The van der Waals surface area contributed by atoms with Gasteiger partial charge in [-0.1, -0.05) is 23.8 Å². The van der Waals surface area contributed by atoms with Crippen molar-refractivity contribution >= 4 is 29.8 Å². The molecule has 0 saturated carbocycles. The minimum atomic E-state index is -0.351. The van der Waals surface area contributed by atoms with Crippen LogP contribution < -0.4 is 10.6 Å². The van der Waals surface area contributed by atoms with Gasteiger partial charge in [-0.2, -0.15) is 0 Å². The lowest BCUT2D eigenvalue weighted by molar-refractivity contribution is -0.116. The first-order valence-electron chi connectivity index (χ1n) is 6.20. The van der Waals surface area contributed by atoms with E-state index in [2.05, 4.69) is 15.6 Å². The van der Waals surface area contributed by atoms with Gasteiger partial charge < -0.3 is 10.6 Å². The summed E-state index contributed by atoms with van der Waals surface area (Å²) in [7, 11) is 0. The summed E-state index contributed by atoms with van der Waals surface area (Å²) in [4.78, 5) is 16.1. The maximum atomic E-state index is 12.0. The van der Waals surface area contributed by atoms with Crippen LogP contribution in [0, 0.1) is 6.92 Å². The van der Waals surface area contributed by atoms with Gasteiger partial charge in [0.1, 0.15) is 11.9 Å². The Balaban J connectivity index is 0.00000200. The number of carbonyl (C=O) groups excluding carboxylic acids is 1. The number of amides is 1. The van der Waals surface area contributed by atoms with Gasteiger partial charge in [0, 0.05) is 11.9 Å². The second kappa shape index (κ2) is 7.50. The van der Waals surface area contributed by atoms with E-state index in [1.807, 2.05) is 49.4 Å². The van der Waals surface area contributed by atoms with Crippen molar-refractivity contribution in [2.24, 2.45) is 0 Å². The van der Waals surface area contributed by atoms with Crippen LogP contribution in [-0.2, 0) is 4.79 Å². The zero-order valence-electron chi connectivity index (χ0n) is 11.5. The van der Waals surface area contributed by atoms with E-state index in [9.17, 15) is 4.79 Å². The Hall–Kier alpha value is -2.07. The minimum absolute atomic E-state index is 0. The SMILES string of the molecule is Cc1ccc(NC(=O)[C@@H](C)Nc2ccccn2)cc1.Cl. The second-order valence-electron chi connectivity index (χ2n) is 4.44. The Morgan fingerprint density at radius 3 is 2.45 bits per heavy atom. The number of hydrogen-bond donors (Lipinski definition) is 2. The van der Waals surface area contributed by atoms with E-state index in [1.165, 1.54) is 0 Å². The fraction of sp³-hybridized carbons (Fsp3) is 0.200. The smallest absolute Gasteiger partial charge is 0.246 e. The molecule has 20 heavy (non-hydrogen) atoms. The van der Waals surface area contributed by atoms with E-state index in [4.69, 9.17) is 0 Å². The first kappa shape index (κ1) is 16.0. The fourth-order valence-electron chi connectivity index (χ4n) is 1.62. The highest BCUT2D eigenvalue weighted by Crippen LogP contribution is 2.10. The van der Waals surface area contributed by atoms with Gasteiger partial charge in [0.25, 0.3) is 0 Å². The Bertz CT molecular complexity index is 543. The predicted octanol–water partition coefficient (Wildman–Crippen LogP) is 3.25. The van der Waals surface area contributed by atoms with Gasteiger partial charge in [0.2, 0.25) is 5.91 Å². The standard InChI is InChI=1S/C15H17N3O.ClH/c1-11-6-8-13(9-7-11)18-15(19)12(2)17-14-5-3-4-10-16-14;/h3-10,12H,1-2H3,(H,16,17)(H,18,19);1H/t12-;/m1./s1. The number of carbonyl (C=O) groups is 1. The quantitative estimate of drug-likeness (QED) is 0.909. The van der Waals surface area contributed by atoms with Crippen molar-refractivity contribution in [2.45, 2.75) is 19.9 Å². The molecule has 0 fully saturated rings. The van der Waals surface area contributed by atoms with Crippen LogP contribution in [0.1, 0.15) is 12.5 Å². The number of nitrogens with zero attached hydrogens (tertiary/aromatic N) is 1. The molecule has 1 amide bonds. The third-order valence-electron chi connectivity index (χ3n) is 2.74. The van der Waals surface area contributed by atoms with E-state index >= 15 is 0 Å². The fourth-order valence-corrected chi connectivity index (χ4v) is 1.62. The summed E-state index contributed by atoms with van der Waals surface area (Å²) < 4.78 is 0. The molecule has 1 aromatic heterocycles. The van der Waals surface area contributed by atoms with Crippen LogP contribution in [0.3, 0.4) is 0 Å². The van der Waals surface area contributed by atoms with Gasteiger partial charge in [0.15, 0.2) is 0 Å². The summed E-state index contributed by atoms with van der Waals surface area (Å²) in [6, 6.07) is 12.9. The molecule has 0 saturated heterocycles. The molecule has 1 aromatic carbocycles. The molecule has 0 aliphatic rings. The molecule has 5 heteroatoms. The molecule has 0 spiro atoms. The Labute approximate surface area is 125 Å². The molecule has 2 aromatic rings. The van der Waals surface area contributed by atoms with Crippen molar-refractivity contribution in [3.63, 3.8) is 0 Å². The third kappa shape index (κ3) is 4.55. The zero-order chi connectivity index (χ0) is 13.7. The molecule has 1 heterocycles. The van der Waals surface area contributed by atoms with E-state index in [1.54, 1.807) is 13.1 Å². The Morgan fingerprint density at radius 2 is 1.85 bits per heavy atom. The molecule has 0 radical (unpaired) electrons. The van der Waals surface area contributed by atoms with Crippen LogP contribution in [0.15, 0.2) is 48.7 Å². The molecule has 1 atom stereocenters. The maximum Gasteiger partial charge on any atom is 0.246 e. The van der Waals surface area contributed by atoms with Gasteiger partial charge in [-0.25, -0.2) is 4.98 Å². The summed E-state index contributed by atoms with van der Waals surface area (Å²) in [5, 5.41) is 5.91. The number of pyridine rings is 1. The van der Waals surface area contributed by atoms with E-state index in [0.29, 0.717) is 5.82 Å². The molecule has 0 aliphatic heterocycles. The summed E-state index contributed by atoms with van der Waals surface area (Å²) in [5.41, 5.74) is 1.96. The van der Waals surface area contributed by atoms with Crippen molar-refractivity contribution in [3.05, 3.63) is 54.2 Å². The number of nitrogens with one attached hydrogen (secondary N) is 2. The first-order valence-corrected chi connectivity index (χ1v) is 6.20. The molecule has 2 rings (SSSR count). The minimum Gasteiger partial charge on any atom is -0.359 e. The number of aryl methyl sites for hydroxylation is 1. The highest BCUT2D eigenvalue weighted by atomic mass is 35.5. The largest absolute Gasteiger partial charge is 0.359 e. The van der Waals surface area contributed by atoms with Gasteiger partial charge in [-0.05, 0) is 38.1 Å². The number of aromatic nitrogens is 1. The molecule has 0 aliphatic carbocycles. The molecular formula is C15H18ClN3O. The molecule has 4 nitrogen and oxygen atoms in total. The normalized spacial score (nSPS) is 11.1. The van der Waals surface area contributed by atoms with Crippen molar-refractivity contribution in [1.82, 2.24) is 4.98 Å². The average Bonchev–Trinajstić information content (AvgIpc) is 2.42. The molecule has 0 bridgehead atoms. The van der Waals surface area contributed by atoms with Crippen LogP contribution in [0.2, 0.25) is 0 Å². The number of benzene rings is 1. The van der Waals surface area contributed by atoms with Crippen LogP contribution in [0.4, 0.5) is 11.5 Å². The number of anilines is 2. The number of hydrogen-bond acceptors (Lipinski definition) is 3. The van der Waals surface area contributed by atoms with Crippen molar-refractivity contribution in [2.75, 3.05) is 10.6 Å². The zero-order valence-corrected chi connectivity index (χ0v) is 12.3. The van der Waals surface area contributed by atoms with E-state index < -0.39 is 0 Å². The van der Waals surface area contributed by atoms with E-state index in [-0.39, 0.29) is 24.4 Å². The monoisotopic (exact) mass is 291 g/mol. The summed E-state index contributed by atoms with van der Waals surface area (Å²) in [6.07, 6.45) is 1.69. The van der Waals surface area contributed by atoms with E-state index in [0.717, 1.165) is 11.3 Å². The highest BCUT2D eigenvalue weighted by molar-refractivity contribution is 5.96. The Kier molecular flexibility index (Phi) is 6.00. The molecule has 0 unspecified atom stereocenters. The lowest BCUT2D eigenvalue weighted by Gasteiger charge is -2.14. The number of rotatable bonds is 4. The molecular weight excluding hydrogens is 274 g/mol.